The molecule has 3 atom stereocenters. The summed E-state index contributed by atoms with van der Waals surface area (Å²) in [6.45, 7) is 6.78. The summed E-state index contributed by atoms with van der Waals surface area (Å²) in [6, 6.07) is 9.88. The van der Waals surface area contributed by atoms with Gasteiger partial charge in [-0.3, -0.25) is 19.6 Å². The van der Waals surface area contributed by atoms with Crippen LogP contribution in [0.5, 0.6) is 0 Å². The van der Waals surface area contributed by atoms with E-state index in [1.54, 1.807) is 6.07 Å². The van der Waals surface area contributed by atoms with Gasteiger partial charge in [0.1, 0.15) is 11.9 Å². The number of piperidine rings is 1. The van der Waals surface area contributed by atoms with Crippen molar-refractivity contribution >= 4 is 5.91 Å². The molecule has 1 unspecified atom stereocenters. The lowest BCUT2D eigenvalue weighted by Gasteiger charge is -2.45. The van der Waals surface area contributed by atoms with E-state index in [1.165, 1.54) is 17.3 Å². The maximum atomic E-state index is 14.2. The number of fused-ring (bicyclic) bond motifs is 2. The van der Waals surface area contributed by atoms with Crippen LogP contribution >= 0.6 is 0 Å². The summed E-state index contributed by atoms with van der Waals surface area (Å²) in [5.74, 6) is 0.370. The highest BCUT2D eigenvalue weighted by atomic mass is 19.1. The Balaban J connectivity index is 1.24. The Morgan fingerprint density at radius 1 is 1.08 bits per heavy atom. The van der Waals surface area contributed by atoms with Crippen LogP contribution in [0.4, 0.5) is 4.39 Å². The van der Waals surface area contributed by atoms with Gasteiger partial charge in [0.25, 0.3) is 0 Å². The largest absolute Gasteiger partial charge is 0.341 e. The number of likely N-dealkylation sites (tertiary alicyclic amines) is 1. The van der Waals surface area contributed by atoms with Crippen molar-refractivity contribution in [2.75, 3.05) is 39.8 Å². The Labute approximate surface area is 224 Å². The number of benzene rings is 1. The molecule has 3 aliphatic rings. The number of pyridine rings is 1. The Morgan fingerprint density at radius 2 is 1.92 bits per heavy atom. The van der Waals surface area contributed by atoms with Crippen molar-refractivity contribution in [3.63, 3.8) is 0 Å². The van der Waals surface area contributed by atoms with Gasteiger partial charge in [0.05, 0.1) is 30.0 Å². The van der Waals surface area contributed by atoms with Crippen molar-refractivity contribution < 1.29 is 9.18 Å². The minimum absolute atomic E-state index is 0.0770. The van der Waals surface area contributed by atoms with Crippen LogP contribution in [0.15, 0.2) is 49.1 Å². The van der Waals surface area contributed by atoms with Crippen LogP contribution in [0, 0.1) is 18.7 Å². The summed E-state index contributed by atoms with van der Waals surface area (Å²) in [4.78, 5) is 29.7. The van der Waals surface area contributed by atoms with E-state index in [0.29, 0.717) is 12.5 Å². The number of rotatable bonds is 4. The molecule has 0 N–H and O–H groups in total. The third-order valence-electron chi connectivity index (χ3n) is 8.63. The van der Waals surface area contributed by atoms with E-state index >= 15 is 0 Å². The highest BCUT2D eigenvalue weighted by Gasteiger charge is 2.39. The Morgan fingerprint density at radius 3 is 2.76 bits per heavy atom. The smallest absolute Gasteiger partial charge is 0.241 e. The van der Waals surface area contributed by atoms with Gasteiger partial charge < -0.3 is 9.47 Å². The van der Waals surface area contributed by atoms with Gasteiger partial charge in [-0.2, -0.15) is 0 Å². The highest BCUT2D eigenvalue weighted by molar-refractivity contribution is 5.82. The summed E-state index contributed by atoms with van der Waals surface area (Å²) in [6.07, 6.45) is 9.12. The molecule has 2 aromatic heterocycles. The molecule has 7 nitrogen and oxygen atoms in total. The molecule has 2 saturated heterocycles. The lowest BCUT2D eigenvalue weighted by atomic mass is 9.94. The number of hydrogen-bond acceptors (Lipinski definition) is 5. The molecular weight excluding hydrogens is 479 g/mol. The molecule has 38 heavy (non-hydrogen) atoms. The SMILES string of the molecule is Cc1cn(C[C@@H]2CCCN(C(=O)[C@H]3CN(C4c5ccccc5CCc5cc(F)cnc54)CCN3C)C2)cn1. The van der Waals surface area contributed by atoms with Crippen molar-refractivity contribution in [2.24, 2.45) is 5.92 Å². The predicted molar refractivity (Wildman–Crippen MR) is 144 cm³/mol. The van der Waals surface area contributed by atoms with Crippen LogP contribution in [0.2, 0.25) is 0 Å². The first-order valence-corrected chi connectivity index (χ1v) is 13.9. The number of aromatic nitrogens is 3. The molecule has 2 aliphatic heterocycles. The fourth-order valence-corrected chi connectivity index (χ4v) is 6.64. The van der Waals surface area contributed by atoms with Crippen LogP contribution < -0.4 is 0 Å². The second-order valence-corrected chi connectivity index (χ2v) is 11.3. The van der Waals surface area contributed by atoms with Gasteiger partial charge in [-0.15, -0.1) is 0 Å². The summed E-state index contributed by atoms with van der Waals surface area (Å²) in [5, 5.41) is 0. The van der Waals surface area contributed by atoms with Crippen molar-refractivity contribution in [2.45, 2.75) is 51.2 Å². The first-order chi connectivity index (χ1) is 18.5. The Bertz CT molecular complexity index is 1310. The van der Waals surface area contributed by atoms with Gasteiger partial charge >= 0.3 is 0 Å². The van der Waals surface area contributed by atoms with E-state index < -0.39 is 0 Å². The zero-order valence-electron chi connectivity index (χ0n) is 22.4. The second kappa shape index (κ2) is 10.6. The number of hydrogen-bond donors (Lipinski definition) is 0. The summed E-state index contributed by atoms with van der Waals surface area (Å²) < 4.78 is 16.3. The molecule has 3 aromatic rings. The zero-order valence-corrected chi connectivity index (χ0v) is 22.4. The van der Waals surface area contributed by atoms with Crippen LogP contribution in [-0.2, 0) is 24.2 Å². The van der Waals surface area contributed by atoms with Gasteiger partial charge in [-0.05, 0) is 68.3 Å². The molecule has 4 heterocycles. The van der Waals surface area contributed by atoms with Crippen LogP contribution in [0.1, 0.15) is 47.0 Å². The molecule has 0 spiro atoms. The molecule has 1 aliphatic carbocycles. The average molecular weight is 517 g/mol. The molecule has 200 valence electrons. The van der Waals surface area contributed by atoms with E-state index in [1.807, 2.05) is 13.3 Å². The standard InChI is InChI=1S/C30H37FN6O/c1-21-16-35(20-33-21)17-22-6-5-11-37(18-22)30(38)27-19-36(13-12-34(27)2)29-26-8-4-3-7-23(26)9-10-24-14-25(31)15-32-28(24)29/h3-4,7-8,14-16,20,22,27,29H,5-6,9-13,17-19H2,1-2H3/t22-,27+,29?/m0/s1. The van der Waals surface area contributed by atoms with E-state index in [2.05, 4.69) is 66.7 Å². The maximum Gasteiger partial charge on any atom is 0.241 e. The molecule has 0 radical (unpaired) electrons. The third-order valence-corrected chi connectivity index (χ3v) is 8.63. The molecule has 1 amide bonds. The fraction of sp³-hybridized carbons (Fsp3) is 0.500. The van der Waals surface area contributed by atoms with E-state index in [4.69, 9.17) is 0 Å². The van der Waals surface area contributed by atoms with Crippen molar-refractivity contribution in [3.8, 4) is 0 Å². The fourth-order valence-electron chi connectivity index (χ4n) is 6.64. The number of piperazine rings is 1. The first kappa shape index (κ1) is 25.2. The summed E-state index contributed by atoms with van der Waals surface area (Å²) in [7, 11) is 2.07. The first-order valence-electron chi connectivity index (χ1n) is 13.9. The lowest BCUT2D eigenvalue weighted by Crippen LogP contribution is -2.60. The van der Waals surface area contributed by atoms with E-state index in [0.717, 1.165) is 75.4 Å². The predicted octanol–water partition coefficient (Wildman–Crippen LogP) is 3.47. The third kappa shape index (κ3) is 4.99. The van der Waals surface area contributed by atoms with Crippen LogP contribution in [0.25, 0.3) is 0 Å². The molecular formula is C30H37FN6O. The molecule has 0 bridgehead atoms. The number of carbonyl (C=O) groups excluding carboxylic acids is 1. The quantitative estimate of drug-likeness (QED) is 0.532. The van der Waals surface area contributed by atoms with Gasteiger partial charge in [-0.1, -0.05) is 24.3 Å². The monoisotopic (exact) mass is 516 g/mol. The number of aryl methyl sites for hydroxylation is 3. The van der Waals surface area contributed by atoms with Gasteiger partial charge in [0.2, 0.25) is 5.91 Å². The van der Waals surface area contributed by atoms with Crippen molar-refractivity contribution in [1.29, 1.82) is 0 Å². The Kier molecular flexibility index (Phi) is 7.01. The molecule has 8 heteroatoms. The molecule has 1 aromatic carbocycles. The van der Waals surface area contributed by atoms with E-state index in [9.17, 15) is 9.18 Å². The van der Waals surface area contributed by atoms with Gasteiger partial charge in [0, 0.05) is 45.5 Å². The average Bonchev–Trinajstić information content (AvgIpc) is 3.26. The minimum Gasteiger partial charge on any atom is -0.341 e. The molecule has 0 saturated carbocycles. The zero-order chi connectivity index (χ0) is 26.2. The number of amides is 1. The second-order valence-electron chi connectivity index (χ2n) is 11.3. The molecule has 6 rings (SSSR count). The lowest BCUT2D eigenvalue weighted by molar-refractivity contribution is -0.141. The number of likely N-dealkylation sites (N-methyl/N-ethyl adjacent to an activating group) is 1. The van der Waals surface area contributed by atoms with Crippen LogP contribution in [-0.4, -0.2) is 81.0 Å². The van der Waals surface area contributed by atoms with Crippen LogP contribution in [0.3, 0.4) is 0 Å². The number of carbonyl (C=O) groups is 1. The van der Waals surface area contributed by atoms with E-state index in [-0.39, 0.29) is 23.8 Å². The molecule has 2 fully saturated rings. The topological polar surface area (TPSA) is 57.5 Å². The number of nitrogens with zero attached hydrogens (tertiary/aromatic N) is 6. The number of imidazole rings is 1. The maximum absolute atomic E-state index is 14.2. The van der Waals surface area contributed by atoms with Gasteiger partial charge in [0.15, 0.2) is 0 Å². The van der Waals surface area contributed by atoms with Crippen molar-refractivity contribution in [3.05, 3.63) is 82.9 Å². The summed E-state index contributed by atoms with van der Waals surface area (Å²) >= 11 is 0. The normalized spacial score (nSPS) is 24.5. The van der Waals surface area contributed by atoms with Crippen molar-refractivity contribution in [1.82, 2.24) is 29.2 Å². The minimum atomic E-state index is -0.287. The Hall–Kier alpha value is -3.10. The number of halogens is 1. The summed E-state index contributed by atoms with van der Waals surface area (Å²) in [5.41, 5.74) is 5.44. The highest BCUT2D eigenvalue weighted by Crippen LogP contribution is 2.37. The van der Waals surface area contributed by atoms with Gasteiger partial charge in [-0.25, -0.2) is 9.37 Å².